The number of aromatic nitrogens is 3. The number of aryl methyl sites for hydroxylation is 2. The summed E-state index contributed by atoms with van der Waals surface area (Å²) in [4.78, 5) is 25.7. The average Bonchev–Trinajstić information content (AvgIpc) is 3.20. The van der Waals surface area contributed by atoms with Crippen molar-refractivity contribution in [1.29, 1.82) is 0 Å². The lowest BCUT2D eigenvalue weighted by molar-refractivity contribution is -0.113. The smallest absolute Gasteiger partial charge is 0.253 e. The minimum absolute atomic E-state index is 0.00188. The predicted octanol–water partition coefficient (Wildman–Crippen LogP) is 6.25. The first-order chi connectivity index (χ1) is 17.1. The molecule has 3 rings (SSSR count). The number of carbonyl (C=O) groups excluding carboxylic acids is 2. The summed E-state index contributed by atoms with van der Waals surface area (Å²) in [5, 5.41) is 16.0. The van der Waals surface area contributed by atoms with E-state index in [1.165, 1.54) is 17.8 Å². The van der Waals surface area contributed by atoms with Crippen LogP contribution >= 0.6 is 35.0 Å². The van der Waals surface area contributed by atoms with Crippen LogP contribution in [-0.2, 0) is 11.3 Å². The molecule has 190 valence electrons. The second-order valence-electron chi connectivity index (χ2n) is 8.66. The Hall–Kier alpha value is -2.81. The summed E-state index contributed by atoms with van der Waals surface area (Å²) in [5.41, 5.74) is 3.14. The number of nitrogens with one attached hydrogen (secondary N) is 2. The molecular formula is C26H29Cl2N5O2S. The quantitative estimate of drug-likeness (QED) is 0.232. The third kappa shape index (κ3) is 6.69. The van der Waals surface area contributed by atoms with Gasteiger partial charge >= 0.3 is 0 Å². The van der Waals surface area contributed by atoms with Crippen LogP contribution in [-0.4, -0.2) is 32.3 Å². The molecule has 0 spiro atoms. The van der Waals surface area contributed by atoms with Crippen molar-refractivity contribution in [3.8, 4) is 0 Å². The number of benzene rings is 2. The summed E-state index contributed by atoms with van der Waals surface area (Å²) < 4.78 is 1.86. The third-order valence-corrected chi connectivity index (χ3v) is 7.06. The van der Waals surface area contributed by atoms with Gasteiger partial charge in [0.05, 0.1) is 22.4 Å². The van der Waals surface area contributed by atoms with Gasteiger partial charge in [-0.2, -0.15) is 0 Å². The molecule has 0 saturated carbocycles. The Labute approximate surface area is 225 Å². The van der Waals surface area contributed by atoms with Gasteiger partial charge in [-0.15, -0.1) is 16.8 Å². The number of amides is 2. The van der Waals surface area contributed by atoms with E-state index in [4.69, 9.17) is 23.2 Å². The van der Waals surface area contributed by atoms with Crippen molar-refractivity contribution in [2.24, 2.45) is 5.92 Å². The standard InChI is InChI=1S/C26H29Cl2N5O2S/c1-6-12-33-24(22(15(2)3)30-25(35)19-11-10-18(27)13-20(19)28)31-32-26(33)36-14-21(34)29-23-16(4)8-7-9-17(23)5/h6-11,13,15,22H,1,12,14H2,2-5H3,(H,29,34)(H,30,35)/t22-/m1/s1. The maximum Gasteiger partial charge on any atom is 0.253 e. The molecule has 0 radical (unpaired) electrons. The molecule has 2 aromatic carbocycles. The molecule has 0 unspecified atom stereocenters. The minimum atomic E-state index is -0.450. The van der Waals surface area contributed by atoms with E-state index >= 15 is 0 Å². The van der Waals surface area contributed by atoms with E-state index in [2.05, 4.69) is 27.4 Å². The lowest BCUT2D eigenvalue weighted by atomic mass is 10.0. The number of nitrogens with zero attached hydrogens (tertiary/aromatic N) is 3. The normalized spacial score (nSPS) is 11.9. The first-order valence-corrected chi connectivity index (χ1v) is 13.1. The highest BCUT2D eigenvalue weighted by molar-refractivity contribution is 7.99. The van der Waals surface area contributed by atoms with Crippen LogP contribution in [0.3, 0.4) is 0 Å². The largest absolute Gasteiger partial charge is 0.342 e. The fourth-order valence-electron chi connectivity index (χ4n) is 3.68. The Kier molecular flexibility index (Phi) is 9.59. The minimum Gasteiger partial charge on any atom is -0.342 e. The first-order valence-electron chi connectivity index (χ1n) is 11.4. The van der Waals surface area contributed by atoms with Gasteiger partial charge in [0.15, 0.2) is 11.0 Å². The van der Waals surface area contributed by atoms with Gasteiger partial charge in [0, 0.05) is 17.3 Å². The fraction of sp³-hybridized carbons (Fsp3) is 0.308. The number of halogens is 2. The monoisotopic (exact) mass is 545 g/mol. The van der Waals surface area contributed by atoms with Crippen LogP contribution in [0.1, 0.15) is 47.2 Å². The highest BCUT2D eigenvalue weighted by Crippen LogP contribution is 2.28. The van der Waals surface area contributed by atoms with Crippen LogP contribution in [0.4, 0.5) is 5.69 Å². The Morgan fingerprint density at radius 2 is 1.83 bits per heavy atom. The van der Waals surface area contributed by atoms with Gasteiger partial charge in [0.2, 0.25) is 5.91 Å². The summed E-state index contributed by atoms with van der Waals surface area (Å²) >= 11 is 13.5. The van der Waals surface area contributed by atoms with Crippen molar-refractivity contribution in [3.63, 3.8) is 0 Å². The van der Waals surface area contributed by atoms with E-state index in [9.17, 15) is 9.59 Å². The Morgan fingerprint density at radius 1 is 1.14 bits per heavy atom. The van der Waals surface area contributed by atoms with Crippen LogP contribution in [0, 0.1) is 19.8 Å². The molecule has 1 heterocycles. The second kappa shape index (κ2) is 12.4. The fourth-order valence-corrected chi connectivity index (χ4v) is 4.93. The highest BCUT2D eigenvalue weighted by Gasteiger charge is 2.27. The van der Waals surface area contributed by atoms with Crippen molar-refractivity contribution in [2.75, 3.05) is 11.1 Å². The molecular weight excluding hydrogens is 517 g/mol. The average molecular weight is 547 g/mol. The van der Waals surface area contributed by atoms with Gasteiger partial charge in [0.1, 0.15) is 0 Å². The third-order valence-electron chi connectivity index (χ3n) is 5.54. The lowest BCUT2D eigenvalue weighted by Crippen LogP contribution is -2.34. The number of carbonyl (C=O) groups is 2. The molecule has 2 amide bonds. The zero-order valence-corrected chi connectivity index (χ0v) is 23.0. The van der Waals surface area contributed by atoms with E-state index in [-0.39, 0.29) is 28.5 Å². The number of allylic oxidation sites excluding steroid dienone is 1. The van der Waals surface area contributed by atoms with Gasteiger partial charge in [0.25, 0.3) is 5.91 Å². The van der Waals surface area contributed by atoms with Gasteiger partial charge in [-0.3, -0.25) is 9.59 Å². The number of hydrogen-bond donors (Lipinski definition) is 2. The molecule has 0 aliphatic heterocycles. The zero-order chi connectivity index (χ0) is 26.4. The molecule has 10 heteroatoms. The molecule has 0 fully saturated rings. The number of rotatable bonds is 10. The Morgan fingerprint density at radius 3 is 2.44 bits per heavy atom. The van der Waals surface area contributed by atoms with Crippen molar-refractivity contribution >= 4 is 52.5 Å². The predicted molar refractivity (Wildman–Crippen MR) is 147 cm³/mol. The van der Waals surface area contributed by atoms with E-state index < -0.39 is 6.04 Å². The number of hydrogen-bond acceptors (Lipinski definition) is 5. The maximum atomic E-state index is 13.0. The molecule has 1 aromatic heterocycles. The van der Waals surface area contributed by atoms with Crippen molar-refractivity contribution in [3.05, 3.63) is 81.6 Å². The maximum absolute atomic E-state index is 13.0. The van der Waals surface area contributed by atoms with Crippen molar-refractivity contribution < 1.29 is 9.59 Å². The van der Waals surface area contributed by atoms with E-state index in [1.807, 2.05) is 50.5 Å². The molecule has 3 aromatic rings. The van der Waals surface area contributed by atoms with Crippen LogP contribution < -0.4 is 10.6 Å². The molecule has 36 heavy (non-hydrogen) atoms. The first kappa shape index (κ1) is 27.8. The highest BCUT2D eigenvalue weighted by atomic mass is 35.5. The van der Waals surface area contributed by atoms with E-state index in [0.29, 0.717) is 28.1 Å². The molecule has 7 nitrogen and oxygen atoms in total. The summed E-state index contributed by atoms with van der Waals surface area (Å²) in [6.07, 6.45) is 1.73. The molecule has 0 aliphatic rings. The van der Waals surface area contributed by atoms with Crippen molar-refractivity contribution in [2.45, 2.75) is 45.4 Å². The molecule has 0 aliphatic carbocycles. The Bertz CT molecular complexity index is 1250. The SMILES string of the molecule is C=CCn1c(SCC(=O)Nc2c(C)cccc2C)nnc1[C@H](NC(=O)c1ccc(Cl)cc1Cl)C(C)C. The molecule has 2 N–H and O–H groups in total. The summed E-state index contributed by atoms with van der Waals surface area (Å²) in [6, 6.07) is 10.2. The van der Waals surface area contributed by atoms with Crippen LogP contribution in [0.25, 0.3) is 0 Å². The van der Waals surface area contributed by atoms with Gasteiger partial charge in [-0.05, 0) is 49.1 Å². The summed E-state index contributed by atoms with van der Waals surface area (Å²) in [5.74, 6) is 0.241. The number of para-hydroxylation sites is 1. The van der Waals surface area contributed by atoms with E-state index in [1.54, 1.807) is 18.2 Å². The summed E-state index contributed by atoms with van der Waals surface area (Å²) in [6.45, 7) is 12.1. The molecule has 0 bridgehead atoms. The van der Waals surface area contributed by atoms with E-state index in [0.717, 1.165) is 16.8 Å². The molecule has 1 atom stereocenters. The van der Waals surface area contributed by atoms with Crippen LogP contribution in [0.2, 0.25) is 10.0 Å². The number of anilines is 1. The summed E-state index contributed by atoms with van der Waals surface area (Å²) in [7, 11) is 0. The van der Waals surface area contributed by atoms with Crippen molar-refractivity contribution in [1.82, 2.24) is 20.1 Å². The van der Waals surface area contributed by atoms with Gasteiger partial charge < -0.3 is 15.2 Å². The topological polar surface area (TPSA) is 88.9 Å². The van der Waals surface area contributed by atoms with Crippen LogP contribution in [0.15, 0.2) is 54.2 Å². The van der Waals surface area contributed by atoms with Gasteiger partial charge in [-0.1, -0.05) is 73.1 Å². The second-order valence-corrected chi connectivity index (χ2v) is 10.4. The molecule has 0 saturated heterocycles. The van der Waals surface area contributed by atoms with Gasteiger partial charge in [-0.25, -0.2) is 0 Å². The number of thioether (sulfide) groups is 1. The lowest BCUT2D eigenvalue weighted by Gasteiger charge is -2.23. The zero-order valence-electron chi connectivity index (χ0n) is 20.6. The van der Waals surface area contributed by atoms with Crippen LogP contribution in [0.5, 0.6) is 0 Å². The Balaban J connectivity index is 1.79.